The fourth-order valence-electron chi connectivity index (χ4n) is 3.23. The number of anilines is 2. The lowest BCUT2D eigenvalue weighted by molar-refractivity contribution is 0.0927. The molecule has 5 aromatic rings. The summed E-state index contributed by atoms with van der Waals surface area (Å²) >= 11 is 6.32. The number of benzene rings is 1. The number of hydrogen-bond donors (Lipinski definition) is 1. The first-order chi connectivity index (χ1) is 14.1. The van der Waals surface area contributed by atoms with Gasteiger partial charge in [-0.05, 0) is 24.3 Å². The summed E-state index contributed by atoms with van der Waals surface area (Å²) in [5, 5.41) is 9.58. The zero-order valence-corrected chi connectivity index (χ0v) is 15.9. The minimum atomic E-state index is -0.202. The standard InChI is InChI=1S/C20H13ClN6O2/c1-11(28)27-16-8-12(21)7-15(14(16)9-25-27)26-18-13-3-6-22-10-17(13)29-19(18)20-23-4-2-5-24-20/h2-10,26H,1H3. The topological polar surface area (TPSA) is 98.7 Å². The van der Waals surface area contributed by atoms with Crippen LogP contribution in [-0.2, 0) is 0 Å². The quantitative estimate of drug-likeness (QED) is 0.465. The molecule has 1 aromatic carbocycles. The monoisotopic (exact) mass is 404 g/mol. The van der Waals surface area contributed by atoms with Crippen LogP contribution in [0.2, 0.25) is 5.02 Å². The maximum atomic E-state index is 11.9. The van der Waals surface area contributed by atoms with Crippen molar-refractivity contribution in [3.8, 4) is 11.6 Å². The molecule has 0 aliphatic carbocycles. The van der Waals surface area contributed by atoms with E-state index in [1.54, 1.807) is 49.2 Å². The lowest BCUT2D eigenvalue weighted by Gasteiger charge is -2.09. The van der Waals surface area contributed by atoms with Gasteiger partial charge in [-0.15, -0.1) is 0 Å². The van der Waals surface area contributed by atoms with E-state index in [0.717, 1.165) is 10.8 Å². The highest BCUT2D eigenvalue weighted by atomic mass is 35.5. The summed E-state index contributed by atoms with van der Waals surface area (Å²) in [6.45, 7) is 1.45. The van der Waals surface area contributed by atoms with Gasteiger partial charge in [0.2, 0.25) is 5.91 Å². The van der Waals surface area contributed by atoms with Crippen LogP contribution in [0.3, 0.4) is 0 Å². The number of rotatable bonds is 3. The van der Waals surface area contributed by atoms with E-state index in [9.17, 15) is 4.79 Å². The van der Waals surface area contributed by atoms with Crippen molar-refractivity contribution in [2.75, 3.05) is 5.32 Å². The van der Waals surface area contributed by atoms with E-state index in [0.29, 0.717) is 39.1 Å². The van der Waals surface area contributed by atoms with Gasteiger partial charge in [-0.3, -0.25) is 9.78 Å². The second-order valence-electron chi connectivity index (χ2n) is 6.34. The molecule has 142 valence electrons. The van der Waals surface area contributed by atoms with Crippen molar-refractivity contribution in [2.45, 2.75) is 6.92 Å². The fraction of sp³-hybridized carbons (Fsp3) is 0.0500. The maximum Gasteiger partial charge on any atom is 0.244 e. The summed E-state index contributed by atoms with van der Waals surface area (Å²) < 4.78 is 7.30. The molecule has 4 aromatic heterocycles. The van der Waals surface area contributed by atoms with Gasteiger partial charge in [-0.2, -0.15) is 5.10 Å². The molecule has 29 heavy (non-hydrogen) atoms. The largest absolute Gasteiger partial charge is 0.449 e. The number of hydrogen-bond acceptors (Lipinski definition) is 7. The number of aromatic nitrogens is 5. The molecule has 0 radical (unpaired) electrons. The Morgan fingerprint density at radius 3 is 2.76 bits per heavy atom. The fourth-order valence-corrected chi connectivity index (χ4v) is 3.44. The molecule has 8 nitrogen and oxygen atoms in total. The van der Waals surface area contributed by atoms with Crippen LogP contribution in [0.25, 0.3) is 33.5 Å². The number of pyridine rings is 1. The molecule has 0 amide bonds. The van der Waals surface area contributed by atoms with Crippen LogP contribution in [0, 0.1) is 0 Å². The second-order valence-corrected chi connectivity index (χ2v) is 6.77. The van der Waals surface area contributed by atoms with Gasteiger partial charge >= 0.3 is 0 Å². The minimum absolute atomic E-state index is 0.202. The molecule has 0 spiro atoms. The Balaban J connectivity index is 1.73. The van der Waals surface area contributed by atoms with Gasteiger partial charge in [-0.25, -0.2) is 14.6 Å². The number of nitrogens with zero attached hydrogens (tertiary/aromatic N) is 5. The lowest BCUT2D eigenvalue weighted by Crippen LogP contribution is -2.06. The number of fused-ring (bicyclic) bond motifs is 2. The van der Waals surface area contributed by atoms with Crippen LogP contribution in [0.15, 0.2) is 59.7 Å². The summed E-state index contributed by atoms with van der Waals surface area (Å²) in [6.07, 6.45) is 8.23. The molecule has 0 saturated heterocycles. The number of halogens is 1. The molecular weight excluding hydrogens is 392 g/mol. The van der Waals surface area contributed by atoms with E-state index in [4.69, 9.17) is 16.0 Å². The molecule has 0 saturated carbocycles. The van der Waals surface area contributed by atoms with Gasteiger partial charge in [0.05, 0.1) is 29.3 Å². The van der Waals surface area contributed by atoms with Crippen LogP contribution in [0.5, 0.6) is 0 Å². The van der Waals surface area contributed by atoms with Gasteiger partial charge in [0.15, 0.2) is 17.2 Å². The Morgan fingerprint density at radius 2 is 1.97 bits per heavy atom. The summed E-state index contributed by atoms with van der Waals surface area (Å²) in [5.74, 6) is 0.705. The highest BCUT2D eigenvalue weighted by molar-refractivity contribution is 6.32. The third-order valence-electron chi connectivity index (χ3n) is 4.47. The Labute approximate surface area is 169 Å². The molecule has 0 unspecified atom stereocenters. The molecule has 0 aliphatic heterocycles. The zero-order valence-electron chi connectivity index (χ0n) is 15.1. The van der Waals surface area contributed by atoms with Crippen molar-refractivity contribution in [2.24, 2.45) is 0 Å². The molecule has 5 rings (SSSR count). The average Bonchev–Trinajstić information content (AvgIpc) is 3.31. The average molecular weight is 405 g/mol. The first-order valence-corrected chi connectivity index (χ1v) is 9.09. The Morgan fingerprint density at radius 1 is 1.14 bits per heavy atom. The number of carbonyl (C=O) groups is 1. The van der Waals surface area contributed by atoms with Gasteiger partial charge in [0.1, 0.15) is 0 Å². The summed E-state index contributed by atoms with van der Waals surface area (Å²) in [6, 6.07) is 7.05. The maximum absolute atomic E-state index is 11.9. The van der Waals surface area contributed by atoms with Gasteiger partial charge < -0.3 is 9.73 Å². The van der Waals surface area contributed by atoms with E-state index in [2.05, 4.69) is 25.4 Å². The van der Waals surface area contributed by atoms with Crippen LogP contribution in [0.1, 0.15) is 11.7 Å². The van der Waals surface area contributed by atoms with Gasteiger partial charge in [-0.1, -0.05) is 11.6 Å². The molecule has 0 bridgehead atoms. The predicted octanol–water partition coefficient (Wildman–Crippen LogP) is 4.69. The lowest BCUT2D eigenvalue weighted by atomic mass is 10.2. The molecule has 1 N–H and O–H groups in total. The van der Waals surface area contributed by atoms with Crippen molar-refractivity contribution in [1.82, 2.24) is 24.7 Å². The van der Waals surface area contributed by atoms with Gasteiger partial charge in [0.25, 0.3) is 0 Å². The zero-order chi connectivity index (χ0) is 20.0. The second kappa shape index (κ2) is 6.68. The van der Waals surface area contributed by atoms with E-state index in [-0.39, 0.29) is 5.91 Å². The van der Waals surface area contributed by atoms with E-state index < -0.39 is 0 Å². The molecule has 9 heteroatoms. The van der Waals surface area contributed by atoms with Crippen molar-refractivity contribution < 1.29 is 9.21 Å². The highest BCUT2D eigenvalue weighted by Gasteiger charge is 2.20. The summed E-state index contributed by atoms with van der Waals surface area (Å²) in [4.78, 5) is 24.6. The predicted molar refractivity (Wildman–Crippen MR) is 109 cm³/mol. The Hall–Kier alpha value is -3.78. The first kappa shape index (κ1) is 17.3. The van der Waals surface area contributed by atoms with Crippen molar-refractivity contribution in [3.63, 3.8) is 0 Å². The van der Waals surface area contributed by atoms with Crippen molar-refractivity contribution in [1.29, 1.82) is 0 Å². The molecule has 0 atom stereocenters. The number of nitrogens with one attached hydrogen (secondary N) is 1. The molecule has 4 heterocycles. The Bertz CT molecular complexity index is 1380. The van der Waals surface area contributed by atoms with E-state index in [1.165, 1.54) is 11.6 Å². The molecular formula is C20H13ClN6O2. The molecule has 0 fully saturated rings. The SMILES string of the molecule is CC(=O)n1ncc2c(Nc3c(-c4ncccn4)oc4cnccc34)cc(Cl)cc21. The normalized spacial score (nSPS) is 11.2. The third kappa shape index (κ3) is 2.90. The number of carbonyl (C=O) groups excluding carboxylic acids is 1. The smallest absolute Gasteiger partial charge is 0.244 e. The minimum Gasteiger partial charge on any atom is -0.449 e. The highest BCUT2D eigenvalue weighted by Crippen LogP contribution is 2.40. The van der Waals surface area contributed by atoms with Crippen LogP contribution >= 0.6 is 11.6 Å². The number of furan rings is 1. The van der Waals surface area contributed by atoms with Crippen LogP contribution < -0.4 is 5.32 Å². The third-order valence-corrected chi connectivity index (χ3v) is 4.69. The summed E-state index contributed by atoms with van der Waals surface area (Å²) in [5.41, 5.74) is 2.55. The van der Waals surface area contributed by atoms with E-state index >= 15 is 0 Å². The Kier molecular flexibility index (Phi) is 3.99. The van der Waals surface area contributed by atoms with Crippen LogP contribution in [-0.4, -0.2) is 30.6 Å². The molecule has 0 aliphatic rings. The first-order valence-electron chi connectivity index (χ1n) is 8.71. The van der Waals surface area contributed by atoms with Crippen LogP contribution in [0.4, 0.5) is 11.4 Å². The van der Waals surface area contributed by atoms with Gasteiger partial charge in [0, 0.05) is 41.3 Å². The van der Waals surface area contributed by atoms with Crippen molar-refractivity contribution in [3.05, 3.63) is 60.3 Å². The van der Waals surface area contributed by atoms with E-state index in [1.807, 2.05) is 6.07 Å². The van der Waals surface area contributed by atoms with Crippen molar-refractivity contribution >= 4 is 50.8 Å². The summed E-state index contributed by atoms with van der Waals surface area (Å²) in [7, 11) is 0.